The van der Waals surface area contributed by atoms with E-state index < -0.39 is 0 Å². The van der Waals surface area contributed by atoms with Crippen LogP contribution in [0.3, 0.4) is 0 Å². The summed E-state index contributed by atoms with van der Waals surface area (Å²) in [6.07, 6.45) is 6.39. The molecule has 0 amide bonds. The van der Waals surface area contributed by atoms with Crippen molar-refractivity contribution in [3.05, 3.63) is 0 Å². The van der Waals surface area contributed by atoms with E-state index in [1.54, 1.807) is 0 Å². The Balaban J connectivity index is 2.19. The Morgan fingerprint density at radius 3 is 2.62 bits per heavy atom. The van der Waals surface area contributed by atoms with Gasteiger partial charge in [-0.25, -0.2) is 0 Å². The highest BCUT2D eigenvalue weighted by molar-refractivity contribution is 4.81. The Kier molecular flexibility index (Phi) is 5.35. The number of hydrogen-bond donors (Lipinski definition) is 3. The highest BCUT2D eigenvalue weighted by Crippen LogP contribution is 2.23. The molecule has 1 aliphatic carbocycles. The zero-order chi connectivity index (χ0) is 9.52. The molecule has 0 radical (unpaired) electrons. The number of nitrogens with two attached hydrogens (primary N) is 2. The zero-order valence-electron chi connectivity index (χ0n) is 8.47. The molecule has 0 spiro atoms. The van der Waals surface area contributed by atoms with Crippen molar-refractivity contribution >= 4 is 0 Å². The second-order valence-electron chi connectivity index (χ2n) is 3.98. The Bertz CT molecular complexity index is 127. The number of nitrogens with one attached hydrogen (secondary N) is 1. The standard InChI is InChI=1S/C10H23N3/c11-6-3-7-13-10-5-2-1-4-9(10)8-12/h9-10,13H,1-8,11-12H2. The van der Waals surface area contributed by atoms with Crippen molar-refractivity contribution in [3.8, 4) is 0 Å². The first-order valence-electron chi connectivity index (χ1n) is 5.52. The predicted octanol–water partition coefficient (Wildman–Crippen LogP) is 0.442. The van der Waals surface area contributed by atoms with E-state index in [9.17, 15) is 0 Å². The molecule has 0 bridgehead atoms. The van der Waals surface area contributed by atoms with E-state index in [2.05, 4.69) is 5.32 Å². The molecule has 0 saturated heterocycles. The molecule has 13 heavy (non-hydrogen) atoms. The molecule has 0 aromatic carbocycles. The van der Waals surface area contributed by atoms with Crippen LogP contribution in [0.25, 0.3) is 0 Å². The van der Waals surface area contributed by atoms with Crippen LogP contribution in [-0.2, 0) is 0 Å². The van der Waals surface area contributed by atoms with Gasteiger partial charge in [-0.2, -0.15) is 0 Å². The fourth-order valence-electron chi connectivity index (χ4n) is 2.15. The van der Waals surface area contributed by atoms with Gasteiger partial charge in [0.05, 0.1) is 0 Å². The average molecular weight is 185 g/mol. The third kappa shape index (κ3) is 3.63. The van der Waals surface area contributed by atoms with Crippen LogP contribution in [0.15, 0.2) is 0 Å². The van der Waals surface area contributed by atoms with Gasteiger partial charge in [-0.3, -0.25) is 0 Å². The summed E-state index contributed by atoms with van der Waals surface area (Å²) in [6, 6.07) is 0.658. The second kappa shape index (κ2) is 6.35. The maximum Gasteiger partial charge on any atom is 0.0107 e. The molecule has 0 aliphatic heterocycles. The lowest BCUT2D eigenvalue weighted by molar-refractivity contribution is 0.268. The summed E-state index contributed by atoms with van der Waals surface area (Å²) in [5.74, 6) is 0.700. The Labute approximate surface area is 81.2 Å². The van der Waals surface area contributed by atoms with Gasteiger partial charge in [0.2, 0.25) is 0 Å². The van der Waals surface area contributed by atoms with Crippen LogP contribution in [0.5, 0.6) is 0 Å². The number of hydrogen-bond acceptors (Lipinski definition) is 3. The van der Waals surface area contributed by atoms with Crippen molar-refractivity contribution in [3.63, 3.8) is 0 Å². The molecule has 0 aromatic heterocycles. The molecule has 1 rings (SSSR count). The molecule has 78 valence electrons. The molecular weight excluding hydrogens is 162 g/mol. The average Bonchev–Trinajstić information content (AvgIpc) is 2.19. The first-order valence-corrected chi connectivity index (χ1v) is 5.52. The van der Waals surface area contributed by atoms with Gasteiger partial charge in [0.1, 0.15) is 0 Å². The van der Waals surface area contributed by atoms with Crippen molar-refractivity contribution in [1.82, 2.24) is 5.32 Å². The molecule has 1 aliphatic rings. The lowest BCUT2D eigenvalue weighted by atomic mass is 9.84. The molecule has 3 heteroatoms. The van der Waals surface area contributed by atoms with Crippen LogP contribution < -0.4 is 16.8 Å². The first kappa shape index (κ1) is 11.0. The van der Waals surface area contributed by atoms with Gasteiger partial charge in [0, 0.05) is 6.04 Å². The topological polar surface area (TPSA) is 64.1 Å². The Morgan fingerprint density at radius 1 is 1.15 bits per heavy atom. The predicted molar refractivity (Wildman–Crippen MR) is 56.5 cm³/mol. The minimum absolute atomic E-state index is 0.658. The molecule has 0 heterocycles. The van der Waals surface area contributed by atoms with Crippen molar-refractivity contribution in [1.29, 1.82) is 0 Å². The van der Waals surface area contributed by atoms with Crippen LogP contribution in [0, 0.1) is 5.92 Å². The molecule has 1 fully saturated rings. The fourth-order valence-corrected chi connectivity index (χ4v) is 2.15. The quantitative estimate of drug-likeness (QED) is 0.545. The van der Waals surface area contributed by atoms with E-state index in [1.165, 1.54) is 25.7 Å². The summed E-state index contributed by atoms with van der Waals surface area (Å²) in [6.45, 7) is 2.67. The van der Waals surface area contributed by atoms with Crippen LogP contribution in [0.4, 0.5) is 0 Å². The summed E-state index contributed by atoms with van der Waals surface area (Å²) in [5, 5.41) is 3.56. The molecule has 2 unspecified atom stereocenters. The summed E-state index contributed by atoms with van der Waals surface area (Å²) in [5.41, 5.74) is 11.2. The minimum Gasteiger partial charge on any atom is -0.330 e. The second-order valence-corrected chi connectivity index (χ2v) is 3.98. The summed E-state index contributed by atoms with van der Waals surface area (Å²) < 4.78 is 0. The van der Waals surface area contributed by atoms with Gasteiger partial charge in [-0.1, -0.05) is 12.8 Å². The minimum atomic E-state index is 0.658. The lowest BCUT2D eigenvalue weighted by Gasteiger charge is -2.31. The van der Waals surface area contributed by atoms with E-state index in [0.717, 1.165) is 26.1 Å². The van der Waals surface area contributed by atoms with E-state index in [-0.39, 0.29) is 0 Å². The fraction of sp³-hybridized carbons (Fsp3) is 1.00. The molecule has 5 N–H and O–H groups in total. The van der Waals surface area contributed by atoms with Crippen LogP contribution in [0.1, 0.15) is 32.1 Å². The van der Waals surface area contributed by atoms with E-state index in [1.807, 2.05) is 0 Å². The zero-order valence-corrected chi connectivity index (χ0v) is 8.47. The van der Waals surface area contributed by atoms with Crippen molar-refractivity contribution in [2.45, 2.75) is 38.1 Å². The molecular formula is C10H23N3. The largest absolute Gasteiger partial charge is 0.330 e. The van der Waals surface area contributed by atoms with Gasteiger partial charge < -0.3 is 16.8 Å². The summed E-state index contributed by atoms with van der Waals surface area (Å²) in [7, 11) is 0. The maximum absolute atomic E-state index is 5.73. The number of rotatable bonds is 5. The normalized spacial score (nSPS) is 29.1. The highest BCUT2D eigenvalue weighted by atomic mass is 14.9. The van der Waals surface area contributed by atoms with Crippen LogP contribution in [0.2, 0.25) is 0 Å². The highest BCUT2D eigenvalue weighted by Gasteiger charge is 2.22. The third-order valence-electron chi connectivity index (χ3n) is 3.00. The van der Waals surface area contributed by atoms with Crippen molar-refractivity contribution in [2.24, 2.45) is 17.4 Å². The van der Waals surface area contributed by atoms with Gasteiger partial charge in [0.15, 0.2) is 0 Å². The van der Waals surface area contributed by atoms with Crippen LogP contribution in [-0.4, -0.2) is 25.7 Å². The third-order valence-corrected chi connectivity index (χ3v) is 3.00. The lowest BCUT2D eigenvalue weighted by Crippen LogP contribution is -2.42. The molecule has 2 atom stereocenters. The molecule has 0 aromatic rings. The van der Waals surface area contributed by atoms with E-state index in [4.69, 9.17) is 11.5 Å². The van der Waals surface area contributed by atoms with E-state index in [0.29, 0.717) is 12.0 Å². The monoisotopic (exact) mass is 185 g/mol. The van der Waals surface area contributed by atoms with Gasteiger partial charge in [0.25, 0.3) is 0 Å². The first-order chi connectivity index (χ1) is 6.38. The molecule has 1 saturated carbocycles. The Hall–Kier alpha value is -0.120. The van der Waals surface area contributed by atoms with Gasteiger partial charge in [-0.15, -0.1) is 0 Å². The van der Waals surface area contributed by atoms with Crippen molar-refractivity contribution < 1.29 is 0 Å². The Morgan fingerprint density at radius 2 is 1.92 bits per heavy atom. The van der Waals surface area contributed by atoms with Gasteiger partial charge in [-0.05, 0) is 44.8 Å². The summed E-state index contributed by atoms with van der Waals surface area (Å²) >= 11 is 0. The van der Waals surface area contributed by atoms with E-state index >= 15 is 0 Å². The van der Waals surface area contributed by atoms with Gasteiger partial charge >= 0.3 is 0 Å². The van der Waals surface area contributed by atoms with Crippen LogP contribution >= 0.6 is 0 Å². The molecule has 3 nitrogen and oxygen atoms in total. The summed E-state index contributed by atoms with van der Waals surface area (Å²) in [4.78, 5) is 0. The smallest absolute Gasteiger partial charge is 0.0107 e. The SMILES string of the molecule is NCCCNC1CCCCC1CN. The van der Waals surface area contributed by atoms with Crippen molar-refractivity contribution in [2.75, 3.05) is 19.6 Å². The maximum atomic E-state index is 5.73.